The van der Waals surface area contributed by atoms with Crippen molar-refractivity contribution in [3.05, 3.63) is 25.3 Å². The Labute approximate surface area is 181 Å². The third kappa shape index (κ3) is 5.80. The van der Waals surface area contributed by atoms with Gasteiger partial charge in [-0.1, -0.05) is 12.2 Å². The molecule has 0 aromatic rings. The Morgan fingerprint density at radius 1 is 0.606 bits per heavy atom. The Morgan fingerprint density at radius 3 is 1.33 bits per heavy atom. The van der Waals surface area contributed by atoms with Crippen LogP contribution in [0.3, 0.4) is 0 Å². The van der Waals surface area contributed by atoms with Crippen LogP contribution in [0.2, 0.25) is 0 Å². The molecule has 2 nitrogen and oxygen atoms in total. The van der Waals surface area contributed by atoms with E-state index in [4.69, 9.17) is 0 Å². The number of hydrogen-bond donors (Lipinski definition) is 0. The summed E-state index contributed by atoms with van der Waals surface area (Å²) in [5, 5.41) is 0. The van der Waals surface area contributed by atoms with Gasteiger partial charge in [0, 0.05) is 5.92 Å². The van der Waals surface area contributed by atoms with Gasteiger partial charge in [-0.15, -0.1) is 13.2 Å². The second-order valence-corrected chi connectivity index (χ2v) is 7.67. The van der Waals surface area contributed by atoms with Crippen molar-refractivity contribution in [3.8, 4) is 0 Å². The van der Waals surface area contributed by atoms with Crippen molar-refractivity contribution in [2.75, 3.05) is 13.2 Å². The Morgan fingerprint density at radius 2 is 1.00 bits per heavy atom. The molecule has 0 saturated heterocycles. The molecule has 0 radical (unpaired) electrons. The lowest BCUT2D eigenvalue weighted by atomic mass is 9.70. The van der Waals surface area contributed by atoms with Crippen LogP contribution in [0.5, 0.6) is 0 Å². The lowest BCUT2D eigenvalue weighted by molar-refractivity contribution is -0.399. The molecule has 0 N–H and O–H groups in total. The Hall–Kier alpha value is -1.44. The van der Waals surface area contributed by atoms with Crippen LogP contribution in [0.4, 0.5) is 52.7 Å². The molecule has 1 fully saturated rings. The largest absolute Gasteiger partial charge is 0.426 e. The maximum Gasteiger partial charge on any atom is 0.426 e. The molecule has 0 aromatic carbocycles. The SMILES string of the molecule is C=CCOC(CC1CCC(C(OCC=C)(C(F)(F)F)C(F)(F)F)CC1)(C(F)(F)F)C(F)(F)F. The molecule has 0 amide bonds. The summed E-state index contributed by atoms with van der Waals surface area (Å²) >= 11 is 0. The fourth-order valence-corrected chi connectivity index (χ4v) is 4.09. The molecule has 1 aliphatic rings. The van der Waals surface area contributed by atoms with Crippen LogP contribution in [0.25, 0.3) is 0 Å². The quantitative estimate of drug-likeness (QED) is 0.239. The lowest BCUT2D eigenvalue weighted by Crippen LogP contribution is -2.64. The van der Waals surface area contributed by atoms with Crippen molar-refractivity contribution < 1.29 is 62.2 Å². The summed E-state index contributed by atoms with van der Waals surface area (Å²) in [6.45, 7) is 3.74. The minimum Gasteiger partial charge on any atom is -0.354 e. The smallest absolute Gasteiger partial charge is 0.354 e. The van der Waals surface area contributed by atoms with Gasteiger partial charge in [-0.3, -0.25) is 0 Å². The lowest BCUT2D eigenvalue weighted by Gasteiger charge is -2.46. The summed E-state index contributed by atoms with van der Waals surface area (Å²) in [7, 11) is 0. The zero-order valence-corrected chi connectivity index (χ0v) is 17.0. The predicted molar refractivity (Wildman–Crippen MR) is 92.0 cm³/mol. The highest BCUT2D eigenvalue weighted by atomic mass is 19.4. The van der Waals surface area contributed by atoms with Gasteiger partial charge in [0.25, 0.3) is 11.2 Å². The van der Waals surface area contributed by atoms with Crippen molar-refractivity contribution in [3.63, 3.8) is 0 Å². The third-order valence-corrected chi connectivity index (χ3v) is 5.63. The second kappa shape index (κ2) is 10.0. The van der Waals surface area contributed by atoms with E-state index in [-0.39, 0.29) is 0 Å². The first-order valence-electron chi connectivity index (χ1n) is 9.57. The van der Waals surface area contributed by atoms with Crippen molar-refractivity contribution in [1.82, 2.24) is 0 Å². The molecule has 194 valence electrons. The minimum atomic E-state index is -5.94. The van der Waals surface area contributed by atoms with Gasteiger partial charge in [0.15, 0.2) is 0 Å². The van der Waals surface area contributed by atoms with Gasteiger partial charge in [0.05, 0.1) is 13.2 Å². The molecule has 0 spiro atoms. The number of ether oxygens (including phenoxy) is 2. The van der Waals surface area contributed by atoms with Crippen LogP contribution < -0.4 is 0 Å². The van der Waals surface area contributed by atoms with E-state index in [1.54, 1.807) is 0 Å². The molecule has 1 aliphatic carbocycles. The number of hydrogen-bond acceptors (Lipinski definition) is 2. The molecule has 33 heavy (non-hydrogen) atoms. The first-order valence-corrected chi connectivity index (χ1v) is 9.57. The van der Waals surface area contributed by atoms with Crippen LogP contribution >= 0.6 is 0 Å². The summed E-state index contributed by atoms with van der Waals surface area (Å²) in [6, 6.07) is 0. The normalized spacial score (nSPS) is 21.7. The maximum atomic E-state index is 13.6. The van der Waals surface area contributed by atoms with Gasteiger partial charge in [0.1, 0.15) is 0 Å². The van der Waals surface area contributed by atoms with E-state index in [0.29, 0.717) is 12.2 Å². The maximum absolute atomic E-state index is 13.6. The zero-order chi connectivity index (χ0) is 25.9. The van der Waals surface area contributed by atoms with Gasteiger partial charge >= 0.3 is 24.7 Å². The fraction of sp³-hybridized carbons (Fsp3) is 0.789. The van der Waals surface area contributed by atoms with Crippen molar-refractivity contribution in [2.24, 2.45) is 11.8 Å². The number of halogens is 12. The van der Waals surface area contributed by atoms with Crippen molar-refractivity contribution >= 4 is 0 Å². The first kappa shape index (κ1) is 29.6. The average Bonchev–Trinajstić information content (AvgIpc) is 2.62. The van der Waals surface area contributed by atoms with E-state index in [9.17, 15) is 52.7 Å². The molecule has 1 saturated carbocycles. The Balaban J connectivity index is 3.24. The molecule has 0 bridgehead atoms. The van der Waals surface area contributed by atoms with Crippen LogP contribution in [0.1, 0.15) is 32.1 Å². The highest BCUT2D eigenvalue weighted by Gasteiger charge is 2.76. The van der Waals surface area contributed by atoms with Gasteiger partial charge in [-0.2, -0.15) is 52.7 Å². The Kier molecular flexibility index (Phi) is 9.01. The van der Waals surface area contributed by atoms with E-state index >= 15 is 0 Å². The van der Waals surface area contributed by atoms with Gasteiger partial charge in [-0.05, 0) is 38.0 Å². The highest BCUT2D eigenvalue weighted by molar-refractivity contribution is 5.05. The summed E-state index contributed by atoms with van der Waals surface area (Å²) in [5.41, 5.74) is -9.28. The van der Waals surface area contributed by atoms with E-state index < -0.39 is 93.1 Å². The zero-order valence-electron chi connectivity index (χ0n) is 17.0. The van der Waals surface area contributed by atoms with E-state index in [1.807, 2.05) is 0 Å². The molecule has 0 aliphatic heterocycles. The molecule has 0 unspecified atom stereocenters. The third-order valence-electron chi connectivity index (χ3n) is 5.63. The van der Waals surface area contributed by atoms with Gasteiger partial charge < -0.3 is 9.47 Å². The molecule has 0 heterocycles. The van der Waals surface area contributed by atoms with Gasteiger partial charge in [0.2, 0.25) is 0 Å². The second-order valence-electron chi connectivity index (χ2n) is 7.67. The van der Waals surface area contributed by atoms with Crippen LogP contribution in [0.15, 0.2) is 25.3 Å². The fourth-order valence-electron chi connectivity index (χ4n) is 4.09. The molecule has 0 atom stereocenters. The van der Waals surface area contributed by atoms with Crippen LogP contribution in [-0.2, 0) is 9.47 Å². The molecule has 1 rings (SSSR count). The number of rotatable bonds is 9. The molecular formula is C19H22F12O2. The molecular weight excluding hydrogens is 488 g/mol. The minimum absolute atomic E-state index is 0.654. The van der Waals surface area contributed by atoms with Crippen molar-refractivity contribution in [1.29, 1.82) is 0 Å². The van der Waals surface area contributed by atoms with Crippen molar-refractivity contribution in [2.45, 2.75) is 68.0 Å². The monoisotopic (exact) mass is 510 g/mol. The molecule has 0 aromatic heterocycles. The van der Waals surface area contributed by atoms with Crippen LogP contribution in [-0.4, -0.2) is 49.1 Å². The molecule has 14 heteroatoms. The summed E-state index contributed by atoms with van der Waals surface area (Å²) in [6.07, 6.45) is -27.6. The van der Waals surface area contributed by atoms with E-state index in [2.05, 4.69) is 22.6 Å². The van der Waals surface area contributed by atoms with Gasteiger partial charge in [-0.25, -0.2) is 0 Å². The Bertz CT molecular complexity index is 624. The van der Waals surface area contributed by atoms with E-state index in [0.717, 1.165) is 0 Å². The summed E-state index contributed by atoms with van der Waals surface area (Å²) in [5.74, 6) is -3.78. The van der Waals surface area contributed by atoms with E-state index in [1.165, 1.54) is 0 Å². The van der Waals surface area contributed by atoms with Crippen LogP contribution in [0, 0.1) is 11.8 Å². The summed E-state index contributed by atoms with van der Waals surface area (Å²) < 4.78 is 171. The average molecular weight is 510 g/mol. The topological polar surface area (TPSA) is 18.5 Å². The standard InChI is InChI=1S/C19H22F12O2/c1-3-9-32-14(16(20,21)22,17(23,24)25)11-12-5-7-13(8-6-12)15(18(26,27)28,19(29,30)31)33-10-4-2/h3-4,12-13H,1-2,5-11H2. The highest BCUT2D eigenvalue weighted by Crippen LogP contribution is 2.56. The predicted octanol–water partition coefficient (Wildman–Crippen LogP) is 7.31. The first-order chi connectivity index (χ1) is 14.8. The summed E-state index contributed by atoms with van der Waals surface area (Å²) in [4.78, 5) is 0. The number of alkyl halides is 12.